The Hall–Kier alpha value is -2.17. The maximum atomic E-state index is 5.40. The average molecular weight is 367 g/mol. The van der Waals surface area contributed by atoms with E-state index in [1.807, 2.05) is 18.3 Å². The van der Waals surface area contributed by atoms with Crippen molar-refractivity contribution in [3.8, 4) is 16.2 Å². The standard InChI is InChI=1S/C22H26N2OS/c1-16(2)17-8-10-19(11-9-17)21-14-24-22(26-21)15-23-13-12-18-6-4-5-7-20(18)25-3/h4-11,14,16,23H,12-13,15H2,1-3H3. The molecule has 0 aliphatic heterocycles. The van der Waals surface area contributed by atoms with Crippen LogP contribution in [0.1, 0.15) is 35.9 Å². The van der Waals surface area contributed by atoms with E-state index in [1.54, 1.807) is 18.4 Å². The van der Waals surface area contributed by atoms with Crippen LogP contribution in [0.4, 0.5) is 0 Å². The van der Waals surface area contributed by atoms with Crippen molar-refractivity contribution in [2.45, 2.75) is 32.7 Å². The summed E-state index contributed by atoms with van der Waals surface area (Å²) < 4.78 is 5.40. The largest absolute Gasteiger partial charge is 0.496 e. The van der Waals surface area contributed by atoms with Crippen molar-refractivity contribution in [2.75, 3.05) is 13.7 Å². The first-order valence-electron chi connectivity index (χ1n) is 9.05. The van der Waals surface area contributed by atoms with E-state index in [0.717, 1.165) is 30.3 Å². The van der Waals surface area contributed by atoms with Gasteiger partial charge in [0.05, 0.1) is 12.0 Å². The third-order valence-corrected chi connectivity index (χ3v) is 5.50. The van der Waals surface area contributed by atoms with E-state index in [0.29, 0.717) is 5.92 Å². The number of nitrogens with zero attached hydrogens (tertiary/aromatic N) is 1. The lowest BCUT2D eigenvalue weighted by molar-refractivity contribution is 0.409. The summed E-state index contributed by atoms with van der Waals surface area (Å²) in [6, 6.07) is 17.0. The van der Waals surface area contributed by atoms with Gasteiger partial charge in [0.25, 0.3) is 0 Å². The normalized spacial score (nSPS) is 11.1. The van der Waals surface area contributed by atoms with Gasteiger partial charge in [0.15, 0.2) is 0 Å². The van der Waals surface area contributed by atoms with Crippen LogP contribution < -0.4 is 10.1 Å². The molecular weight excluding hydrogens is 340 g/mol. The number of hydrogen-bond donors (Lipinski definition) is 1. The molecule has 3 aromatic rings. The minimum absolute atomic E-state index is 0.563. The number of nitrogens with one attached hydrogen (secondary N) is 1. The van der Waals surface area contributed by atoms with Gasteiger partial charge in [0.2, 0.25) is 0 Å². The minimum Gasteiger partial charge on any atom is -0.496 e. The predicted octanol–water partition coefficient (Wildman–Crippen LogP) is 5.27. The molecule has 3 rings (SSSR count). The highest BCUT2D eigenvalue weighted by Gasteiger charge is 2.06. The van der Waals surface area contributed by atoms with Gasteiger partial charge in [-0.15, -0.1) is 11.3 Å². The second-order valence-corrected chi connectivity index (χ2v) is 7.75. The fraction of sp³-hybridized carbons (Fsp3) is 0.318. The molecule has 0 atom stereocenters. The van der Waals surface area contributed by atoms with Gasteiger partial charge < -0.3 is 10.1 Å². The number of aromatic nitrogens is 1. The summed E-state index contributed by atoms with van der Waals surface area (Å²) in [5.74, 6) is 1.52. The molecule has 0 radical (unpaired) electrons. The van der Waals surface area contributed by atoms with Crippen LogP contribution in [-0.4, -0.2) is 18.6 Å². The van der Waals surface area contributed by atoms with Crippen molar-refractivity contribution < 1.29 is 4.74 Å². The minimum atomic E-state index is 0.563. The van der Waals surface area contributed by atoms with Gasteiger partial charge >= 0.3 is 0 Å². The Morgan fingerprint density at radius 1 is 1.08 bits per heavy atom. The van der Waals surface area contributed by atoms with Crippen LogP contribution in [0.3, 0.4) is 0 Å². The van der Waals surface area contributed by atoms with Gasteiger partial charge in [0, 0.05) is 12.7 Å². The molecule has 0 spiro atoms. The predicted molar refractivity (Wildman–Crippen MR) is 110 cm³/mol. The molecule has 136 valence electrons. The Morgan fingerprint density at radius 2 is 1.85 bits per heavy atom. The van der Waals surface area contributed by atoms with E-state index in [1.165, 1.54) is 21.6 Å². The summed E-state index contributed by atoms with van der Waals surface area (Å²) in [6.45, 7) is 6.13. The van der Waals surface area contributed by atoms with Crippen molar-refractivity contribution >= 4 is 11.3 Å². The third kappa shape index (κ3) is 4.71. The molecule has 3 nitrogen and oxygen atoms in total. The summed E-state index contributed by atoms with van der Waals surface area (Å²) >= 11 is 1.76. The van der Waals surface area contributed by atoms with Crippen LogP contribution in [0.15, 0.2) is 54.7 Å². The van der Waals surface area contributed by atoms with Crippen LogP contribution in [0.5, 0.6) is 5.75 Å². The Kier molecular flexibility index (Phi) is 6.42. The summed E-state index contributed by atoms with van der Waals surface area (Å²) in [5.41, 5.74) is 3.84. The molecule has 0 amide bonds. The number of rotatable bonds is 8. The molecule has 0 fully saturated rings. The van der Waals surface area contributed by atoms with E-state index < -0.39 is 0 Å². The van der Waals surface area contributed by atoms with Gasteiger partial charge in [-0.25, -0.2) is 4.98 Å². The van der Waals surface area contributed by atoms with Gasteiger partial charge in [-0.3, -0.25) is 0 Å². The van der Waals surface area contributed by atoms with Gasteiger partial charge in [0.1, 0.15) is 10.8 Å². The number of benzene rings is 2. The molecule has 0 unspecified atom stereocenters. The van der Waals surface area contributed by atoms with E-state index in [2.05, 4.69) is 60.5 Å². The van der Waals surface area contributed by atoms with Crippen molar-refractivity contribution in [3.05, 3.63) is 70.9 Å². The van der Waals surface area contributed by atoms with Gasteiger partial charge in [-0.05, 0) is 41.6 Å². The summed E-state index contributed by atoms with van der Waals surface area (Å²) in [7, 11) is 1.72. The van der Waals surface area contributed by atoms with Crippen molar-refractivity contribution in [3.63, 3.8) is 0 Å². The van der Waals surface area contributed by atoms with E-state index in [-0.39, 0.29) is 0 Å². The second kappa shape index (κ2) is 8.97. The second-order valence-electron chi connectivity index (χ2n) is 6.63. The first kappa shape index (κ1) is 18.6. The van der Waals surface area contributed by atoms with Crippen LogP contribution >= 0.6 is 11.3 Å². The lowest BCUT2D eigenvalue weighted by Crippen LogP contribution is -2.16. The van der Waals surface area contributed by atoms with E-state index in [9.17, 15) is 0 Å². The zero-order valence-electron chi connectivity index (χ0n) is 15.7. The van der Waals surface area contributed by atoms with E-state index >= 15 is 0 Å². The van der Waals surface area contributed by atoms with Gasteiger partial charge in [-0.1, -0.05) is 56.3 Å². The SMILES string of the molecule is COc1ccccc1CCNCc1ncc(-c2ccc(C(C)C)cc2)s1. The zero-order valence-corrected chi connectivity index (χ0v) is 16.5. The molecule has 1 heterocycles. The number of thiazole rings is 1. The fourth-order valence-corrected chi connectivity index (χ4v) is 3.78. The summed E-state index contributed by atoms with van der Waals surface area (Å²) in [5, 5.41) is 4.60. The van der Waals surface area contributed by atoms with Gasteiger partial charge in [-0.2, -0.15) is 0 Å². The Labute approximate surface area is 160 Å². The Balaban J connectivity index is 1.52. The molecule has 1 aromatic heterocycles. The number of ether oxygens (including phenoxy) is 1. The van der Waals surface area contributed by atoms with Crippen molar-refractivity contribution in [2.24, 2.45) is 0 Å². The number of para-hydroxylation sites is 1. The first-order chi connectivity index (χ1) is 12.7. The molecule has 4 heteroatoms. The molecule has 0 saturated carbocycles. The number of hydrogen-bond acceptors (Lipinski definition) is 4. The molecule has 26 heavy (non-hydrogen) atoms. The fourth-order valence-electron chi connectivity index (χ4n) is 2.89. The van der Waals surface area contributed by atoms with Crippen molar-refractivity contribution in [1.82, 2.24) is 10.3 Å². The molecule has 2 aromatic carbocycles. The molecule has 0 bridgehead atoms. The zero-order chi connectivity index (χ0) is 18.4. The maximum Gasteiger partial charge on any atom is 0.122 e. The van der Waals surface area contributed by atoms with Crippen LogP contribution in [0.2, 0.25) is 0 Å². The summed E-state index contributed by atoms with van der Waals surface area (Å²) in [4.78, 5) is 5.78. The smallest absolute Gasteiger partial charge is 0.122 e. The third-order valence-electron chi connectivity index (χ3n) is 4.46. The van der Waals surface area contributed by atoms with Crippen LogP contribution in [-0.2, 0) is 13.0 Å². The first-order valence-corrected chi connectivity index (χ1v) is 9.86. The van der Waals surface area contributed by atoms with E-state index in [4.69, 9.17) is 4.74 Å². The highest BCUT2D eigenvalue weighted by atomic mass is 32.1. The lowest BCUT2D eigenvalue weighted by atomic mass is 10.0. The Morgan fingerprint density at radius 3 is 2.58 bits per heavy atom. The molecule has 0 aliphatic carbocycles. The Bertz CT molecular complexity index is 824. The number of methoxy groups -OCH3 is 1. The monoisotopic (exact) mass is 366 g/mol. The summed E-state index contributed by atoms with van der Waals surface area (Å²) in [6.07, 6.45) is 2.92. The quantitative estimate of drug-likeness (QED) is 0.551. The molecular formula is C22H26N2OS. The average Bonchev–Trinajstić information content (AvgIpc) is 3.14. The molecule has 0 saturated heterocycles. The molecule has 1 N–H and O–H groups in total. The maximum absolute atomic E-state index is 5.40. The van der Waals surface area contributed by atoms with Crippen molar-refractivity contribution in [1.29, 1.82) is 0 Å². The lowest BCUT2D eigenvalue weighted by Gasteiger charge is -2.08. The highest BCUT2D eigenvalue weighted by molar-refractivity contribution is 7.15. The highest BCUT2D eigenvalue weighted by Crippen LogP contribution is 2.27. The van der Waals surface area contributed by atoms with Crippen LogP contribution in [0.25, 0.3) is 10.4 Å². The van der Waals surface area contributed by atoms with Crippen LogP contribution in [0, 0.1) is 0 Å². The molecule has 0 aliphatic rings. The topological polar surface area (TPSA) is 34.1 Å².